The smallest absolute Gasteiger partial charge is 0.186 e. The van der Waals surface area contributed by atoms with E-state index < -0.39 is 0 Å². The van der Waals surface area contributed by atoms with Crippen molar-refractivity contribution in [2.24, 2.45) is 0 Å². The van der Waals surface area contributed by atoms with Crippen LogP contribution in [0.15, 0.2) is 36.4 Å². The average Bonchev–Trinajstić information content (AvgIpc) is 2.35. The predicted octanol–water partition coefficient (Wildman–Crippen LogP) is 2.22. The van der Waals surface area contributed by atoms with Crippen LogP contribution in [0.4, 0.5) is 0 Å². The Kier molecular flexibility index (Phi) is 4.33. The summed E-state index contributed by atoms with van der Waals surface area (Å²) in [6, 6.07) is 6.84. The van der Waals surface area contributed by atoms with Gasteiger partial charge in [0.15, 0.2) is 11.6 Å². The van der Waals surface area contributed by atoms with Crippen molar-refractivity contribution < 1.29 is 14.4 Å². The molecule has 3 heteroatoms. The summed E-state index contributed by atoms with van der Waals surface area (Å²) in [5.41, 5.74) is 1.01. The molecule has 0 amide bonds. The molecule has 0 bridgehead atoms. The summed E-state index contributed by atoms with van der Waals surface area (Å²) in [5.74, 6) is -0.185. The second-order valence-electron chi connectivity index (χ2n) is 3.18. The first-order valence-electron chi connectivity index (χ1n) is 5.00. The molecular formula is C13H12O3. The van der Waals surface area contributed by atoms with Crippen LogP contribution in [-0.4, -0.2) is 17.9 Å². The van der Waals surface area contributed by atoms with Crippen molar-refractivity contribution in [3.05, 3.63) is 47.5 Å². The van der Waals surface area contributed by atoms with E-state index in [9.17, 15) is 14.4 Å². The molecule has 0 radical (unpaired) electrons. The Bertz CT molecular complexity index is 407. The monoisotopic (exact) mass is 216 g/mol. The topological polar surface area (TPSA) is 51.2 Å². The molecule has 0 unspecified atom stereocenters. The summed E-state index contributed by atoms with van der Waals surface area (Å²) >= 11 is 0. The molecular weight excluding hydrogens is 204 g/mol. The number of allylic oxidation sites excluding steroid dienone is 2. The van der Waals surface area contributed by atoms with Crippen molar-refractivity contribution in [2.75, 3.05) is 0 Å². The molecule has 0 atom stereocenters. The van der Waals surface area contributed by atoms with E-state index in [0.29, 0.717) is 17.5 Å². The second-order valence-corrected chi connectivity index (χ2v) is 3.18. The minimum absolute atomic E-state index is 0.0924. The highest BCUT2D eigenvalue weighted by Gasteiger charge is 2.16. The predicted molar refractivity (Wildman–Crippen MR) is 60.6 cm³/mol. The maximum atomic E-state index is 11.2. The maximum Gasteiger partial charge on any atom is 0.186 e. The lowest BCUT2D eigenvalue weighted by Crippen LogP contribution is -2.10. The van der Waals surface area contributed by atoms with Crippen molar-refractivity contribution >= 4 is 17.9 Å². The van der Waals surface area contributed by atoms with E-state index in [2.05, 4.69) is 0 Å². The summed E-state index contributed by atoms with van der Waals surface area (Å²) in [6.07, 6.45) is 4.13. The zero-order valence-electron chi connectivity index (χ0n) is 8.97. The molecule has 0 fully saturated rings. The summed E-state index contributed by atoms with van der Waals surface area (Å²) in [4.78, 5) is 31.6. The van der Waals surface area contributed by atoms with E-state index in [4.69, 9.17) is 0 Å². The first-order valence-corrected chi connectivity index (χ1v) is 5.00. The number of hydrogen-bond acceptors (Lipinski definition) is 3. The third-order valence-electron chi connectivity index (χ3n) is 2.01. The minimum atomic E-state index is -0.0924. The minimum Gasteiger partial charge on any atom is -0.303 e. The molecule has 16 heavy (non-hydrogen) atoms. The van der Waals surface area contributed by atoms with Gasteiger partial charge in [-0.15, -0.1) is 0 Å². The quantitative estimate of drug-likeness (QED) is 0.676. The Hall–Kier alpha value is -2.03. The Morgan fingerprint density at radius 2 is 1.38 bits per heavy atom. The molecule has 0 saturated heterocycles. The second kappa shape index (κ2) is 5.75. The molecule has 3 nitrogen and oxygen atoms in total. The lowest BCUT2D eigenvalue weighted by Gasteiger charge is -2.06. The Morgan fingerprint density at radius 3 is 1.69 bits per heavy atom. The Balaban J connectivity index is 0.000000280. The van der Waals surface area contributed by atoms with Crippen molar-refractivity contribution in [3.8, 4) is 0 Å². The average molecular weight is 216 g/mol. The van der Waals surface area contributed by atoms with Crippen molar-refractivity contribution in [2.45, 2.75) is 13.3 Å². The van der Waals surface area contributed by atoms with Crippen LogP contribution in [0.3, 0.4) is 0 Å². The van der Waals surface area contributed by atoms with Crippen LogP contribution >= 0.6 is 0 Å². The molecule has 0 aromatic heterocycles. The molecule has 1 aromatic rings. The van der Waals surface area contributed by atoms with Gasteiger partial charge in [0.25, 0.3) is 0 Å². The van der Waals surface area contributed by atoms with Crippen molar-refractivity contribution in [1.29, 1.82) is 0 Å². The lowest BCUT2D eigenvalue weighted by atomic mass is 9.95. The van der Waals surface area contributed by atoms with E-state index in [-0.39, 0.29) is 11.6 Å². The number of aldehydes is 1. The van der Waals surface area contributed by atoms with Crippen LogP contribution in [0, 0.1) is 0 Å². The summed E-state index contributed by atoms with van der Waals surface area (Å²) < 4.78 is 0. The van der Waals surface area contributed by atoms with E-state index in [1.807, 2.05) is 6.92 Å². The number of carbonyl (C=O) groups is 3. The van der Waals surface area contributed by atoms with Gasteiger partial charge < -0.3 is 4.79 Å². The standard InChI is InChI=1S/C10H6O2.C3H6O/c11-9-5-6-10(12)8-4-2-1-3-7(8)9;1-2-3-4/h1-6H;3H,2H2,1H3. The number of benzene rings is 1. The Labute approximate surface area is 93.8 Å². The first-order chi connectivity index (χ1) is 7.70. The van der Waals surface area contributed by atoms with Crippen LogP contribution in [0.5, 0.6) is 0 Å². The highest BCUT2D eigenvalue weighted by atomic mass is 16.1. The van der Waals surface area contributed by atoms with E-state index >= 15 is 0 Å². The van der Waals surface area contributed by atoms with Gasteiger partial charge in [0, 0.05) is 17.5 Å². The highest BCUT2D eigenvalue weighted by molar-refractivity contribution is 6.21. The third kappa shape index (κ3) is 2.73. The zero-order valence-corrected chi connectivity index (χ0v) is 8.97. The van der Waals surface area contributed by atoms with Crippen molar-refractivity contribution in [1.82, 2.24) is 0 Å². The maximum absolute atomic E-state index is 11.2. The third-order valence-corrected chi connectivity index (χ3v) is 2.01. The van der Waals surface area contributed by atoms with Crippen LogP contribution in [-0.2, 0) is 4.79 Å². The van der Waals surface area contributed by atoms with Gasteiger partial charge in [0.1, 0.15) is 6.29 Å². The molecule has 1 aromatic carbocycles. The highest BCUT2D eigenvalue weighted by Crippen LogP contribution is 2.15. The lowest BCUT2D eigenvalue weighted by molar-refractivity contribution is -0.107. The van der Waals surface area contributed by atoms with Gasteiger partial charge >= 0.3 is 0 Å². The van der Waals surface area contributed by atoms with Gasteiger partial charge in [0.05, 0.1) is 0 Å². The summed E-state index contributed by atoms with van der Waals surface area (Å²) in [7, 11) is 0. The van der Waals surface area contributed by atoms with Crippen LogP contribution in [0.2, 0.25) is 0 Å². The molecule has 1 aliphatic carbocycles. The number of fused-ring (bicyclic) bond motifs is 1. The normalized spacial score (nSPS) is 12.6. The number of rotatable bonds is 1. The summed E-state index contributed by atoms with van der Waals surface area (Å²) in [6.45, 7) is 1.81. The zero-order chi connectivity index (χ0) is 12.0. The SMILES string of the molecule is CCC=O.O=C1C=CC(=O)c2ccccc21. The number of ketones is 2. The van der Waals surface area contributed by atoms with Gasteiger partial charge in [-0.2, -0.15) is 0 Å². The fourth-order valence-electron chi connectivity index (χ4n) is 1.24. The van der Waals surface area contributed by atoms with E-state index in [1.165, 1.54) is 12.2 Å². The van der Waals surface area contributed by atoms with Gasteiger partial charge in [-0.05, 0) is 12.2 Å². The largest absolute Gasteiger partial charge is 0.303 e. The van der Waals surface area contributed by atoms with E-state index in [0.717, 1.165) is 6.29 Å². The van der Waals surface area contributed by atoms with Gasteiger partial charge in [0.2, 0.25) is 0 Å². The van der Waals surface area contributed by atoms with Crippen LogP contribution in [0.25, 0.3) is 0 Å². The fraction of sp³-hybridized carbons (Fsp3) is 0.154. The van der Waals surface area contributed by atoms with Crippen LogP contribution < -0.4 is 0 Å². The molecule has 0 saturated carbocycles. The van der Waals surface area contributed by atoms with Gasteiger partial charge in [-0.25, -0.2) is 0 Å². The number of carbonyl (C=O) groups excluding carboxylic acids is 3. The summed E-state index contributed by atoms with van der Waals surface area (Å²) in [5, 5.41) is 0. The molecule has 82 valence electrons. The molecule has 2 rings (SSSR count). The number of hydrogen-bond donors (Lipinski definition) is 0. The molecule has 1 aliphatic rings. The van der Waals surface area contributed by atoms with E-state index in [1.54, 1.807) is 24.3 Å². The van der Waals surface area contributed by atoms with Crippen LogP contribution in [0.1, 0.15) is 34.1 Å². The molecule has 0 N–H and O–H groups in total. The first kappa shape index (κ1) is 12.0. The fourth-order valence-corrected chi connectivity index (χ4v) is 1.24. The van der Waals surface area contributed by atoms with Crippen molar-refractivity contribution in [3.63, 3.8) is 0 Å². The molecule has 0 aliphatic heterocycles. The molecule has 0 spiro atoms. The Morgan fingerprint density at radius 1 is 1.00 bits per heavy atom. The van der Waals surface area contributed by atoms with Gasteiger partial charge in [-0.3, -0.25) is 9.59 Å². The molecule has 0 heterocycles. The van der Waals surface area contributed by atoms with Gasteiger partial charge in [-0.1, -0.05) is 31.2 Å².